The van der Waals surface area contributed by atoms with Crippen molar-refractivity contribution in [2.75, 3.05) is 14.2 Å². The van der Waals surface area contributed by atoms with Crippen LogP contribution in [-0.4, -0.2) is 42.2 Å². The van der Waals surface area contributed by atoms with Crippen molar-refractivity contribution in [1.29, 1.82) is 0 Å². The molecule has 3 N–H and O–H groups in total. The predicted molar refractivity (Wildman–Crippen MR) is 77.0 cm³/mol. The summed E-state index contributed by atoms with van der Waals surface area (Å²) in [4.78, 5) is 14.2. The number of ether oxygens (including phenoxy) is 1. The van der Waals surface area contributed by atoms with Gasteiger partial charge in [0, 0.05) is 19.1 Å². The largest absolute Gasteiger partial charge is 0.504 e. The van der Waals surface area contributed by atoms with E-state index in [1.54, 1.807) is 30.1 Å². The quantitative estimate of drug-likeness (QED) is 0.883. The smallest absolute Gasteiger partial charge is 0.257 e. The van der Waals surface area contributed by atoms with Crippen LogP contribution >= 0.6 is 0 Å². The topological polar surface area (TPSA) is 75.8 Å². The molecule has 1 amide bonds. The normalized spacial score (nSPS) is 22.4. The van der Waals surface area contributed by atoms with Crippen LogP contribution in [0.4, 0.5) is 0 Å². The molecule has 0 atom stereocenters. The second-order valence-electron chi connectivity index (χ2n) is 5.34. The monoisotopic (exact) mass is 278 g/mol. The van der Waals surface area contributed by atoms with Crippen molar-refractivity contribution in [3.63, 3.8) is 0 Å². The van der Waals surface area contributed by atoms with Gasteiger partial charge in [-0.05, 0) is 37.8 Å². The molecule has 0 heterocycles. The lowest BCUT2D eigenvalue weighted by Gasteiger charge is -2.33. The summed E-state index contributed by atoms with van der Waals surface area (Å²) in [5, 5.41) is 10.1. The Kier molecular flexibility index (Phi) is 4.49. The number of phenolic OH excluding ortho intramolecular Hbond substituents is 1. The van der Waals surface area contributed by atoms with Crippen LogP contribution in [0.25, 0.3) is 0 Å². The maximum atomic E-state index is 12.5. The molecule has 0 aromatic heterocycles. The van der Waals surface area contributed by atoms with Gasteiger partial charge in [-0.2, -0.15) is 0 Å². The minimum absolute atomic E-state index is 0.0978. The number of amides is 1. The van der Waals surface area contributed by atoms with Gasteiger partial charge in [-0.25, -0.2) is 0 Å². The zero-order valence-corrected chi connectivity index (χ0v) is 12.0. The van der Waals surface area contributed by atoms with Gasteiger partial charge in [0.1, 0.15) is 0 Å². The summed E-state index contributed by atoms with van der Waals surface area (Å²) in [5.74, 6) is 0.0381. The molecule has 1 aliphatic carbocycles. The lowest BCUT2D eigenvalue weighted by molar-refractivity contribution is 0.0686. The second-order valence-corrected chi connectivity index (χ2v) is 5.34. The molecule has 0 bridgehead atoms. The molecule has 0 aliphatic heterocycles. The fraction of sp³-hybridized carbons (Fsp3) is 0.533. The standard InChI is InChI=1S/C15H22N2O3/c1-17(11-8-6-10(16)7-9-11)15(19)12-4-3-5-13(20-2)14(12)18/h3-5,10-11,18H,6-9,16H2,1-2H3. The third-order valence-corrected chi connectivity index (χ3v) is 4.06. The molecule has 110 valence electrons. The second kappa shape index (κ2) is 6.13. The zero-order valence-electron chi connectivity index (χ0n) is 12.0. The lowest BCUT2D eigenvalue weighted by atomic mass is 9.90. The maximum absolute atomic E-state index is 12.5. The molecule has 0 saturated heterocycles. The first-order valence-electron chi connectivity index (χ1n) is 6.93. The fourth-order valence-electron chi connectivity index (χ4n) is 2.70. The van der Waals surface area contributed by atoms with E-state index >= 15 is 0 Å². The molecule has 20 heavy (non-hydrogen) atoms. The third-order valence-electron chi connectivity index (χ3n) is 4.06. The molecule has 1 saturated carbocycles. The number of carbonyl (C=O) groups excluding carboxylic acids is 1. The minimum atomic E-state index is -0.179. The summed E-state index contributed by atoms with van der Waals surface area (Å²) in [5.41, 5.74) is 6.17. The van der Waals surface area contributed by atoms with Crippen molar-refractivity contribution >= 4 is 5.91 Å². The van der Waals surface area contributed by atoms with Gasteiger partial charge in [0.05, 0.1) is 12.7 Å². The molecular formula is C15H22N2O3. The molecule has 2 rings (SSSR count). The number of rotatable bonds is 3. The zero-order chi connectivity index (χ0) is 14.7. The summed E-state index contributed by atoms with van der Waals surface area (Å²) < 4.78 is 5.04. The average Bonchev–Trinajstić information content (AvgIpc) is 2.47. The average molecular weight is 278 g/mol. The van der Waals surface area contributed by atoms with Crippen molar-refractivity contribution in [2.24, 2.45) is 5.73 Å². The molecule has 0 spiro atoms. The Bertz CT molecular complexity index is 482. The number of phenols is 1. The van der Waals surface area contributed by atoms with Crippen LogP contribution in [-0.2, 0) is 0 Å². The number of hydrogen-bond acceptors (Lipinski definition) is 4. The van der Waals surface area contributed by atoms with Gasteiger partial charge in [0.15, 0.2) is 11.5 Å². The summed E-state index contributed by atoms with van der Waals surface area (Å²) in [7, 11) is 3.25. The van der Waals surface area contributed by atoms with E-state index in [2.05, 4.69) is 0 Å². The van der Waals surface area contributed by atoms with Crippen LogP contribution in [0.5, 0.6) is 11.5 Å². The van der Waals surface area contributed by atoms with Crippen molar-refractivity contribution in [2.45, 2.75) is 37.8 Å². The fourth-order valence-corrected chi connectivity index (χ4v) is 2.70. The molecule has 1 aromatic rings. The van der Waals surface area contributed by atoms with Gasteiger partial charge in [-0.3, -0.25) is 4.79 Å². The van der Waals surface area contributed by atoms with Crippen LogP contribution in [0.3, 0.4) is 0 Å². The number of hydrogen-bond donors (Lipinski definition) is 2. The molecule has 5 heteroatoms. The first-order chi connectivity index (χ1) is 9.54. The summed E-state index contributed by atoms with van der Waals surface area (Å²) >= 11 is 0. The highest BCUT2D eigenvalue weighted by atomic mass is 16.5. The molecule has 1 aliphatic rings. The SMILES string of the molecule is COc1cccc(C(=O)N(C)C2CCC(N)CC2)c1O. The highest BCUT2D eigenvalue weighted by Crippen LogP contribution is 2.31. The van der Waals surface area contributed by atoms with Gasteiger partial charge < -0.3 is 20.5 Å². The predicted octanol–water partition coefficient (Wildman–Crippen LogP) is 1.74. The van der Waals surface area contributed by atoms with Crippen molar-refractivity contribution < 1.29 is 14.6 Å². The Morgan fingerprint density at radius 3 is 2.60 bits per heavy atom. The molecule has 0 radical (unpaired) electrons. The number of nitrogens with zero attached hydrogens (tertiary/aromatic N) is 1. The Hall–Kier alpha value is -1.75. The number of benzene rings is 1. The number of para-hydroxylation sites is 1. The van der Waals surface area contributed by atoms with Gasteiger partial charge in [0.25, 0.3) is 5.91 Å². The molecule has 0 unspecified atom stereocenters. The van der Waals surface area contributed by atoms with E-state index in [1.165, 1.54) is 7.11 Å². The number of carbonyl (C=O) groups is 1. The van der Waals surface area contributed by atoms with E-state index in [1.807, 2.05) is 0 Å². The molecule has 1 fully saturated rings. The Morgan fingerprint density at radius 1 is 1.35 bits per heavy atom. The maximum Gasteiger partial charge on any atom is 0.257 e. The lowest BCUT2D eigenvalue weighted by Crippen LogP contribution is -2.41. The Morgan fingerprint density at radius 2 is 2.00 bits per heavy atom. The third kappa shape index (κ3) is 2.88. The minimum Gasteiger partial charge on any atom is -0.504 e. The van der Waals surface area contributed by atoms with Crippen LogP contribution in [0, 0.1) is 0 Å². The van der Waals surface area contributed by atoms with Gasteiger partial charge in [-0.1, -0.05) is 6.07 Å². The van der Waals surface area contributed by atoms with Crippen LogP contribution in [0.1, 0.15) is 36.0 Å². The van der Waals surface area contributed by atoms with E-state index in [0.717, 1.165) is 25.7 Å². The summed E-state index contributed by atoms with van der Waals surface area (Å²) in [6.07, 6.45) is 3.70. The number of methoxy groups -OCH3 is 1. The van der Waals surface area contributed by atoms with Crippen LogP contribution in [0.15, 0.2) is 18.2 Å². The Balaban J connectivity index is 2.14. The molecular weight excluding hydrogens is 256 g/mol. The molecule has 5 nitrogen and oxygen atoms in total. The number of nitrogens with two attached hydrogens (primary N) is 1. The molecule has 1 aromatic carbocycles. The van der Waals surface area contributed by atoms with Gasteiger partial charge >= 0.3 is 0 Å². The summed E-state index contributed by atoms with van der Waals surface area (Å²) in [6.45, 7) is 0. The van der Waals surface area contributed by atoms with E-state index < -0.39 is 0 Å². The van der Waals surface area contributed by atoms with E-state index in [9.17, 15) is 9.90 Å². The van der Waals surface area contributed by atoms with Gasteiger partial charge in [0.2, 0.25) is 0 Å². The van der Waals surface area contributed by atoms with Crippen LogP contribution < -0.4 is 10.5 Å². The Labute approximate surface area is 119 Å². The van der Waals surface area contributed by atoms with Crippen molar-refractivity contribution in [1.82, 2.24) is 4.90 Å². The first kappa shape index (κ1) is 14.7. The highest BCUT2D eigenvalue weighted by Gasteiger charge is 2.27. The van der Waals surface area contributed by atoms with Crippen molar-refractivity contribution in [3.8, 4) is 11.5 Å². The van der Waals surface area contributed by atoms with Crippen LogP contribution in [0.2, 0.25) is 0 Å². The number of aromatic hydroxyl groups is 1. The van der Waals surface area contributed by atoms with Gasteiger partial charge in [-0.15, -0.1) is 0 Å². The first-order valence-corrected chi connectivity index (χ1v) is 6.93. The van der Waals surface area contributed by atoms with Crippen molar-refractivity contribution in [3.05, 3.63) is 23.8 Å². The van der Waals surface area contributed by atoms with E-state index in [-0.39, 0.29) is 29.3 Å². The van der Waals surface area contributed by atoms with E-state index in [4.69, 9.17) is 10.5 Å². The highest BCUT2D eigenvalue weighted by molar-refractivity contribution is 5.97. The van der Waals surface area contributed by atoms with E-state index in [0.29, 0.717) is 5.75 Å². The summed E-state index contributed by atoms with van der Waals surface area (Å²) in [6, 6.07) is 5.39.